The molecule has 5 N–H and O–H groups in total. The van der Waals surface area contributed by atoms with E-state index in [9.17, 15) is 24.3 Å². The molecule has 0 bridgehead atoms. The fourth-order valence-electron chi connectivity index (χ4n) is 4.80. The number of hydrogen-bond donors (Lipinski definition) is 4. The number of amides is 1. The van der Waals surface area contributed by atoms with Gasteiger partial charge >= 0.3 is 5.97 Å². The molecule has 0 spiro atoms. The highest BCUT2D eigenvalue weighted by atomic mass is 16.4. The third-order valence-corrected chi connectivity index (χ3v) is 6.76. The van der Waals surface area contributed by atoms with Crippen LogP contribution in [0, 0.1) is 6.92 Å². The van der Waals surface area contributed by atoms with E-state index in [0.29, 0.717) is 34.4 Å². The summed E-state index contributed by atoms with van der Waals surface area (Å²) >= 11 is 0. The number of fused-ring (bicyclic) bond motifs is 3. The van der Waals surface area contributed by atoms with Crippen molar-refractivity contribution in [3.63, 3.8) is 0 Å². The topological polar surface area (TPSA) is 158 Å². The molecule has 3 aromatic carbocycles. The normalized spacial score (nSPS) is 12.1. The fraction of sp³-hybridized carbons (Fsp3) is 0.276. The van der Waals surface area contributed by atoms with Crippen molar-refractivity contribution in [1.29, 1.82) is 0 Å². The molecule has 1 unspecified atom stereocenters. The Hall–Kier alpha value is -4.57. The first-order valence-electron chi connectivity index (χ1n) is 12.5. The number of H-pyrrole nitrogens is 1. The average Bonchev–Trinajstić information content (AvgIpc) is 2.86. The number of anilines is 1. The summed E-state index contributed by atoms with van der Waals surface area (Å²) in [6, 6.07) is 14.1. The van der Waals surface area contributed by atoms with Crippen LogP contribution in [0.2, 0.25) is 0 Å². The zero-order valence-corrected chi connectivity index (χ0v) is 22.1. The maximum Gasteiger partial charge on any atom is 0.320 e. The summed E-state index contributed by atoms with van der Waals surface area (Å²) in [5.41, 5.74) is 8.51. The number of nitrogens with one attached hydrogen (secondary N) is 2. The first-order valence-corrected chi connectivity index (χ1v) is 12.5. The Morgan fingerprint density at radius 2 is 1.87 bits per heavy atom. The molecule has 0 aliphatic carbocycles. The highest BCUT2D eigenvalue weighted by molar-refractivity contribution is 6.05. The predicted molar refractivity (Wildman–Crippen MR) is 150 cm³/mol. The number of hydrogen-bond acceptors (Lipinski definition) is 7. The van der Waals surface area contributed by atoms with Crippen LogP contribution in [0.3, 0.4) is 0 Å². The van der Waals surface area contributed by atoms with Crippen molar-refractivity contribution in [3.05, 3.63) is 81.4 Å². The van der Waals surface area contributed by atoms with Crippen LogP contribution in [0.25, 0.3) is 21.7 Å². The van der Waals surface area contributed by atoms with E-state index in [2.05, 4.69) is 15.3 Å². The number of ketones is 1. The van der Waals surface area contributed by atoms with Crippen molar-refractivity contribution >= 4 is 45.0 Å². The molecule has 10 heteroatoms. The van der Waals surface area contributed by atoms with Gasteiger partial charge in [-0.25, -0.2) is 4.98 Å². The molecule has 0 fully saturated rings. The molecule has 0 aliphatic rings. The van der Waals surface area contributed by atoms with E-state index in [1.165, 1.54) is 6.92 Å². The van der Waals surface area contributed by atoms with Gasteiger partial charge in [-0.05, 0) is 79.5 Å². The van der Waals surface area contributed by atoms with Gasteiger partial charge in [0.2, 0.25) is 5.91 Å². The van der Waals surface area contributed by atoms with Gasteiger partial charge in [0.25, 0.3) is 5.56 Å². The van der Waals surface area contributed by atoms with Crippen LogP contribution in [0.15, 0.2) is 53.3 Å². The van der Waals surface area contributed by atoms with E-state index in [1.54, 1.807) is 31.0 Å². The van der Waals surface area contributed by atoms with E-state index in [1.807, 2.05) is 36.4 Å². The van der Waals surface area contributed by atoms with Crippen LogP contribution in [0.5, 0.6) is 0 Å². The van der Waals surface area contributed by atoms with Gasteiger partial charge in [-0.15, -0.1) is 0 Å². The van der Waals surface area contributed by atoms with Crippen LogP contribution < -0.4 is 16.6 Å². The summed E-state index contributed by atoms with van der Waals surface area (Å²) in [5, 5.41) is 15.3. The summed E-state index contributed by atoms with van der Waals surface area (Å²) < 4.78 is 0. The number of carboxylic acids is 1. The van der Waals surface area contributed by atoms with Gasteiger partial charge in [-0.3, -0.25) is 24.1 Å². The minimum absolute atomic E-state index is 0.0505. The predicted octanol–water partition coefficient (Wildman–Crippen LogP) is 3.35. The van der Waals surface area contributed by atoms with Crippen LogP contribution in [-0.4, -0.2) is 50.7 Å². The number of carboxylic acid groups (broad SMARTS) is 1. The number of aliphatic carboxylic acids is 1. The zero-order valence-electron chi connectivity index (χ0n) is 22.1. The number of carbonyl (C=O) groups is 3. The SMILES string of the molecule is CC(=O)c1ccc(NCc2ccc3ccc4nc(C)[nH]c(=O)c4c3c2)cc1CN(C)C(CCC(N)=O)C(=O)O. The summed E-state index contributed by atoms with van der Waals surface area (Å²) in [7, 11) is 1.64. The smallest absolute Gasteiger partial charge is 0.320 e. The molecule has 4 rings (SSSR count). The lowest BCUT2D eigenvalue weighted by Gasteiger charge is -2.25. The summed E-state index contributed by atoms with van der Waals surface area (Å²) in [6.45, 7) is 3.86. The number of likely N-dealkylation sites (N-methyl/N-ethyl adjacent to an activating group) is 1. The second-order valence-electron chi connectivity index (χ2n) is 9.72. The minimum atomic E-state index is -1.06. The average molecular weight is 530 g/mol. The number of carbonyl (C=O) groups excluding carboxylic acids is 2. The number of Topliss-reactive ketones (excluding diaryl/α,β-unsaturated/α-hetero) is 1. The second kappa shape index (κ2) is 11.4. The van der Waals surface area contributed by atoms with Crippen LogP contribution >= 0.6 is 0 Å². The third kappa shape index (κ3) is 6.29. The number of aryl methyl sites for hydroxylation is 1. The van der Waals surface area contributed by atoms with Gasteiger partial charge < -0.3 is 21.1 Å². The lowest BCUT2D eigenvalue weighted by molar-refractivity contribution is -0.143. The van der Waals surface area contributed by atoms with Crippen molar-refractivity contribution in [1.82, 2.24) is 14.9 Å². The van der Waals surface area contributed by atoms with Gasteiger partial charge in [-0.1, -0.05) is 18.2 Å². The minimum Gasteiger partial charge on any atom is -0.480 e. The van der Waals surface area contributed by atoms with Gasteiger partial charge in [-0.2, -0.15) is 0 Å². The Labute approximate surface area is 224 Å². The van der Waals surface area contributed by atoms with Crippen molar-refractivity contribution in [2.24, 2.45) is 5.73 Å². The fourth-order valence-corrected chi connectivity index (χ4v) is 4.80. The van der Waals surface area contributed by atoms with E-state index >= 15 is 0 Å². The summed E-state index contributed by atoms with van der Waals surface area (Å²) in [5.74, 6) is -1.21. The Morgan fingerprint density at radius 3 is 2.56 bits per heavy atom. The molecule has 0 radical (unpaired) electrons. The number of nitrogens with zero attached hydrogens (tertiary/aromatic N) is 2. The molecule has 1 amide bonds. The molecule has 39 heavy (non-hydrogen) atoms. The maximum absolute atomic E-state index is 12.7. The largest absolute Gasteiger partial charge is 0.480 e. The molecular weight excluding hydrogens is 498 g/mol. The van der Waals surface area contributed by atoms with Crippen molar-refractivity contribution in [2.75, 3.05) is 12.4 Å². The number of rotatable bonds is 11. The summed E-state index contributed by atoms with van der Waals surface area (Å²) in [6.07, 6.45) is 0.0220. The molecule has 0 aliphatic heterocycles. The van der Waals surface area contributed by atoms with Gasteiger partial charge in [0.15, 0.2) is 5.78 Å². The number of aromatic nitrogens is 2. The standard InChI is InChI=1S/C29H31N5O5/c1-16(35)22-8-7-21(13-20(22)15-34(3)25(29(38)39)10-11-26(30)36)31-14-18-4-5-19-6-9-24-27(23(19)12-18)28(37)33-17(2)32-24/h4-9,12-13,25,31H,10-11,14-15H2,1-3H3,(H2,30,36)(H,38,39)(H,32,33,37). The molecule has 1 aromatic heterocycles. The molecule has 1 atom stereocenters. The zero-order chi connectivity index (χ0) is 28.3. The third-order valence-electron chi connectivity index (χ3n) is 6.76. The van der Waals surface area contributed by atoms with E-state index in [-0.39, 0.29) is 30.7 Å². The van der Waals surface area contributed by atoms with Gasteiger partial charge in [0, 0.05) is 30.8 Å². The van der Waals surface area contributed by atoms with Crippen molar-refractivity contribution < 1.29 is 19.5 Å². The van der Waals surface area contributed by atoms with Crippen molar-refractivity contribution in [2.45, 2.75) is 45.8 Å². The summed E-state index contributed by atoms with van der Waals surface area (Å²) in [4.78, 5) is 56.8. The Bertz CT molecular complexity index is 1650. The molecule has 202 valence electrons. The molecule has 4 aromatic rings. The van der Waals surface area contributed by atoms with E-state index in [0.717, 1.165) is 22.0 Å². The van der Waals surface area contributed by atoms with Crippen LogP contribution in [0.1, 0.15) is 47.1 Å². The first kappa shape index (κ1) is 27.5. The Balaban J connectivity index is 1.58. The Kier molecular flexibility index (Phi) is 8.06. The maximum atomic E-state index is 12.7. The molecule has 0 saturated heterocycles. The molecule has 10 nitrogen and oxygen atoms in total. The lowest BCUT2D eigenvalue weighted by Crippen LogP contribution is -2.39. The monoisotopic (exact) mass is 529 g/mol. The number of benzene rings is 3. The first-order chi connectivity index (χ1) is 18.5. The molecular formula is C29H31N5O5. The highest BCUT2D eigenvalue weighted by Gasteiger charge is 2.24. The van der Waals surface area contributed by atoms with Gasteiger partial charge in [0.1, 0.15) is 11.9 Å². The lowest BCUT2D eigenvalue weighted by atomic mass is 10.0. The second-order valence-corrected chi connectivity index (χ2v) is 9.72. The van der Waals surface area contributed by atoms with Gasteiger partial charge in [0.05, 0.1) is 10.9 Å². The number of aromatic amines is 1. The van der Waals surface area contributed by atoms with Crippen molar-refractivity contribution in [3.8, 4) is 0 Å². The highest BCUT2D eigenvalue weighted by Crippen LogP contribution is 2.25. The van der Waals surface area contributed by atoms with E-state index in [4.69, 9.17) is 5.73 Å². The van der Waals surface area contributed by atoms with Crippen LogP contribution in [0.4, 0.5) is 5.69 Å². The number of nitrogens with two attached hydrogens (primary N) is 1. The molecule has 0 saturated carbocycles. The Morgan fingerprint density at radius 1 is 1.13 bits per heavy atom. The van der Waals surface area contributed by atoms with E-state index < -0.39 is 17.9 Å². The number of primary amides is 1. The quantitative estimate of drug-likeness (QED) is 0.170. The molecule has 1 heterocycles. The van der Waals surface area contributed by atoms with Crippen LogP contribution in [-0.2, 0) is 22.7 Å².